The lowest BCUT2D eigenvalue weighted by atomic mass is 9.81. The standard InChI is InChI=1S/C32H57N3O8/c1-16-12-17(2)30(43-31-21(6)28(35(9)10)20(5)22(7)41-31)29(39-11)18(3)13-26(37)40-19(4)14-25-27(33-8)23(15-24(16)36)34-32(38)42-25/h16-23,25,27-31,33H,12-15H2,1-11H3,(H,34,38)/t16-,17+,18-,19-,20?,21?,22?,23-,25+,27+,28?,29+,30+,31?/m1/s1. The number of carbonyl (C=O) groups excluding carboxylic acids is 3. The van der Waals surface area contributed by atoms with Gasteiger partial charge >= 0.3 is 12.1 Å². The molecule has 0 aromatic carbocycles. The van der Waals surface area contributed by atoms with Crippen LogP contribution in [0.15, 0.2) is 0 Å². The fraction of sp³-hybridized carbons (Fsp3) is 0.906. The van der Waals surface area contributed by atoms with E-state index in [0.29, 0.717) is 18.8 Å². The number of rotatable bonds is 5. The van der Waals surface area contributed by atoms with Gasteiger partial charge < -0.3 is 39.2 Å². The Bertz CT molecular complexity index is 950. The van der Waals surface area contributed by atoms with Gasteiger partial charge in [0.1, 0.15) is 18.0 Å². The van der Waals surface area contributed by atoms with Gasteiger partial charge in [0.25, 0.3) is 0 Å². The zero-order valence-electron chi connectivity index (χ0n) is 28.1. The molecule has 3 saturated heterocycles. The second kappa shape index (κ2) is 15.5. The lowest BCUT2D eigenvalue weighted by molar-refractivity contribution is -0.282. The summed E-state index contributed by atoms with van der Waals surface area (Å²) < 4.78 is 30.8. The van der Waals surface area contributed by atoms with E-state index in [4.69, 9.17) is 23.7 Å². The molecule has 0 aromatic rings. The number of hydrogen-bond donors (Lipinski definition) is 2. The van der Waals surface area contributed by atoms with Crippen molar-refractivity contribution in [2.45, 2.75) is 129 Å². The Morgan fingerprint density at radius 3 is 2.16 bits per heavy atom. The smallest absolute Gasteiger partial charge is 0.407 e. The third-order valence-corrected chi connectivity index (χ3v) is 10.0. The van der Waals surface area contributed by atoms with Crippen LogP contribution in [-0.2, 0) is 33.3 Å². The number of amides is 1. The Morgan fingerprint density at radius 1 is 0.884 bits per heavy atom. The van der Waals surface area contributed by atoms with Crippen molar-refractivity contribution in [1.29, 1.82) is 0 Å². The van der Waals surface area contributed by atoms with Crippen molar-refractivity contribution in [1.82, 2.24) is 15.5 Å². The number of cyclic esters (lactones) is 1. The van der Waals surface area contributed by atoms with Crippen LogP contribution in [0.5, 0.6) is 0 Å². The summed E-state index contributed by atoms with van der Waals surface area (Å²) in [6, 6.07) is -0.504. The molecular weight excluding hydrogens is 554 g/mol. The molecule has 11 nitrogen and oxygen atoms in total. The summed E-state index contributed by atoms with van der Waals surface area (Å²) in [5, 5.41) is 6.04. The number of esters is 1. The lowest BCUT2D eigenvalue weighted by Crippen LogP contribution is -2.62. The van der Waals surface area contributed by atoms with Gasteiger partial charge in [-0.15, -0.1) is 0 Å². The largest absolute Gasteiger partial charge is 0.462 e. The Kier molecular flexibility index (Phi) is 12.8. The molecule has 5 unspecified atom stereocenters. The number of alkyl carbamates (subject to hydrolysis) is 1. The molecule has 1 amide bonds. The van der Waals surface area contributed by atoms with E-state index in [1.54, 1.807) is 21.1 Å². The maximum absolute atomic E-state index is 13.6. The molecule has 3 aliphatic rings. The summed E-state index contributed by atoms with van der Waals surface area (Å²) in [6.07, 6.45) is -1.83. The van der Waals surface area contributed by atoms with Crippen LogP contribution in [0.1, 0.15) is 74.1 Å². The Hall–Kier alpha value is -1.79. The van der Waals surface area contributed by atoms with E-state index >= 15 is 0 Å². The van der Waals surface area contributed by atoms with Crippen LogP contribution in [0.25, 0.3) is 0 Å². The summed E-state index contributed by atoms with van der Waals surface area (Å²) in [4.78, 5) is 41.4. The van der Waals surface area contributed by atoms with Gasteiger partial charge in [0.05, 0.1) is 36.8 Å². The average Bonchev–Trinajstić information content (AvgIpc) is 2.90. The predicted octanol–water partition coefficient (Wildman–Crippen LogP) is 3.38. The first kappa shape index (κ1) is 35.7. The molecule has 0 spiro atoms. The number of nitrogens with one attached hydrogen (secondary N) is 2. The van der Waals surface area contributed by atoms with Crippen molar-refractivity contribution in [2.75, 3.05) is 28.3 Å². The van der Waals surface area contributed by atoms with Gasteiger partial charge in [0, 0.05) is 37.8 Å². The van der Waals surface area contributed by atoms with Gasteiger partial charge in [-0.2, -0.15) is 0 Å². The van der Waals surface area contributed by atoms with Crippen molar-refractivity contribution >= 4 is 17.8 Å². The second-order valence-electron chi connectivity index (χ2n) is 13.7. The topological polar surface area (TPSA) is 125 Å². The van der Waals surface area contributed by atoms with E-state index < -0.39 is 42.8 Å². The van der Waals surface area contributed by atoms with Crippen molar-refractivity contribution < 1.29 is 38.1 Å². The summed E-state index contributed by atoms with van der Waals surface area (Å²) in [5.74, 6) is -0.522. The highest BCUT2D eigenvalue weighted by atomic mass is 16.7. The first-order valence-electron chi connectivity index (χ1n) is 16.0. The van der Waals surface area contributed by atoms with E-state index in [1.165, 1.54) is 0 Å². The first-order chi connectivity index (χ1) is 20.2. The predicted molar refractivity (Wildman–Crippen MR) is 162 cm³/mol. The molecule has 0 radical (unpaired) electrons. The zero-order valence-corrected chi connectivity index (χ0v) is 28.1. The molecule has 2 bridgehead atoms. The number of nitrogens with zero attached hydrogens (tertiary/aromatic N) is 1. The summed E-state index contributed by atoms with van der Waals surface area (Å²) in [5.41, 5.74) is 0. The Labute approximate surface area is 258 Å². The maximum Gasteiger partial charge on any atom is 0.407 e. The van der Waals surface area contributed by atoms with E-state index in [0.717, 1.165) is 0 Å². The molecule has 0 aromatic heterocycles. The molecular formula is C32H57N3O8. The summed E-state index contributed by atoms with van der Waals surface area (Å²) >= 11 is 0. The molecule has 14 atom stereocenters. The van der Waals surface area contributed by atoms with Crippen molar-refractivity contribution in [3.05, 3.63) is 0 Å². The molecule has 0 saturated carbocycles. The number of Topliss-reactive ketones (excluding diaryl/α,β-unsaturated/α-hetero) is 1. The van der Waals surface area contributed by atoms with Crippen LogP contribution in [0.2, 0.25) is 0 Å². The van der Waals surface area contributed by atoms with Gasteiger partial charge in [0.15, 0.2) is 6.29 Å². The van der Waals surface area contributed by atoms with E-state index in [2.05, 4.69) is 57.3 Å². The van der Waals surface area contributed by atoms with Crippen LogP contribution in [-0.4, -0.2) is 106 Å². The Balaban J connectivity index is 1.93. The lowest BCUT2D eigenvalue weighted by Gasteiger charge is -2.48. The summed E-state index contributed by atoms with van der Waals surface area (Å²) in [6.45, 7) is 14.2. The average molecular weight is 612 g/mol. The van der Waals surface area contributed by atoms with Crippen LogP contribution >= 0.6 is 0 Å². The molecule has 248 valence electrons. The zero-order chi connectivity index (χ0) is 32.2. The van der Waals surface area contributed by atoms with Crippen molar-refractivity contribution in [3.8, 4) is 0 Å². The van der Waals surface area contributed by atoms with Gasteiger partial charge in [-0.25, -0.2) is 4.79 Å². The molecule has 11 heteroatoms. The Morgan fingerprint density at radius 2 is 1.56 bits per heavy atom. The number of methoxy groups -OCH3 is 1. The number of fused-ring (bicyclic) bond motifs is 2. The number of ketones is 1. The van der Waals surface area contributed by atoms with Crippen LogP contribution in [0, 0.1) is 29.6 Å². The van der Waals surface area contributed by atoms with Gasteiger partial charge in [-0.05, 0) is 59.2 Å². The van der Waals surface area contributed by atoms with E-state index in [-0.39, 0.29) is 66.5 Å². The van der Waals surface area contributed by atoms with Gasteiger partial charge in [-0.1, -0.05) is 34.6 Å². The third kappa shape index (κ3) is 8.69. The first-order valence-corrected chi connectivity index (χ1v) is 16.0. The minimum absolute atomic E-state index is 0.0101. The van der Waals surface area contributed by atoms with Crippen LogP contribution in [0.3, 0.4) is 0 Å². The number of carbonyl (C=O) groups is 3. The molecule has 0 aliphatic carbocycles. The number of hydrogen-bond acceptors (Lipinski definition) is 10. The fourth-order valence-corrected chi connectivity index (χ4v) is 7.63. The van der Waals surface area contributed by atoms with Crippen molar-refractivity contribution in [2.24, 2.45) is 29.6 Å². The van der Waals surface area contributed by atoms with E-state index in [1.807, 2.05) is 13.8 Å². The highest BCUT2D eigenvalue weighted by Crippen LogP contribution is 2.37. The molecule has 3 heterocycles. The normalized spacial score (nSPS) is 44.0. The quantitative estimate of drug-likeness (QED) is 0.447. The second-order valence-corrected chi connectivity index (χ2v) is 13.7. The SMILES string of the molecule is CN[C@@H]1[C@@H]2C[C@@H](C)OC(=O)C[C@@H](C)[C@H](OC)[C@@H](OC3OC(C)C(C)C(N(C)C)C3C)[C@@H](C)C[C@@H](C)C(=O)C[C@H]1NC(=O)O2. The van der Waals surface area contributed by atoms with Gasteiger partial charge in [0.2, 0.25) is 0 Å². The summed E-state index contributed by atoms with van der Waals surface area (Å²) in [7, 11) is 7.59. The van der Waals surface area contributed by atoms with Crippen LogP contribution in [0.4, 0.5) is 4.79 Å². The maximum atomic E-state index is 13.6. The highest BCUT2D eigenvalue weighted by molar-refractivity contribution is 5.82. The fourth-order valence-electron chi connectivity index (χ4n) is 7.63. The molecule has 3 fully saturated rings. The monoisotopic (exact) mass is 611 g/mol. The third-order valence-electron chi connectivity index (χ3n) is 10.0. The molecule has 3 aliphatic heterocycles. The molecule has 2 N–H and O–H groups in total. The number of likely N-dealkylation sites (N-methyl/N-ethyl adjacent to an activating group) is 1. The molecule has 43 heavy (non-hydrogen) atoms. The minimum atomic E-state index is -0.568. The van der Waals surface area contributed by atoms with E-state index in [9.17, 15) is 14.4 Å². The van der Waals surface area contributed by atoms with Gasteiger partial charge in [-0.3, -0.25) is 9.59 Å². The highest BCUT2D eigenvalue weighted by Gasteiger charge is 2.45. The van der Waals surface area contributed by atoms with Crippen molar-refractivity contribution in [3.63, 3.8) is 0 Å². The molecule has 3 rings (SSSR count). The van der Waals surface area contributed by atoms with Crippen LogP contribution < -0.4 is 10.6 Å². The number of ether oxygens (including phenoxy) is 5. The minimum Gasteiger partial charge on any atom is -0.462 e.